The molecule has 2 aromatic carbocycles. The summed E-state index contributed by atoms with van der Waals surface area (Å²) in [5.74, 6) is 0.293. The van der Waals surface area contributed by atoms with Gasteiger partial charge in [-0.3, -0.25) is 9.59 Å². The molecule has 3 rings (SSSR count). The molecule has 0 spiro atoms. The minimum Gasteiger partial charge on any atom is -0.497 e. The molecule has 27 heavy (non-hydrogen) atoms. The van der Waals surface area contributed by atoms with Crippen LogP contribution in [0, 0.1) is 0 Å². The van der Waals surface area contributed by atoms with Gasteiger partial charge in [0.15, 0.2) is 0 Å². The summed E-state index contributed by atoms with van der Waals surface area (Å²) in [5.41, 5.74) is 0.858. The van der Waals surface area contributed by atoms with Crippen molar-refractivity contribution < 1.29 is 23.8 Å². The third kappa shape index (κ3) is 3.41. The van der Waals surface area contributed by atoms with Crippen LogP contribution in [0.1, 0.15) is 0 Å². The molecule has 0 saturated carbocycles. The zero-order valence-corrected chi connectivity index (χ0v) is 15.7. The lowest BCUT2D eigenvalue weighted by Gasteiger charge is -2.18. The number of carbonyl (C=O) groups excluding carboxylic acids is 2. The fraction of sp³-hybridized carbons (Fsp3) is 0.158. The average Bonchev–Trinajstić information content (AvgIpc) is 2.91. The second kappa shape index (κ2) is 7.59. The van der Waals surface area contributed by atoms with Gasteiger partial charge in [0.1, 0.15) is 28.0 Å². The van der Waals surface area contributed by atoms with Crippen LogP contribution in [0.4, 0.5) is 11.4 Å². The summed E-state index contributed by atoms with van der Waals surface area (Å²) in [5, 5.41) is 2.70. The van der Waals surface area contributed by atoms with Gasteiger partial charge in [-0.1, -0.05) is 11.6 Å². The van der Waals surface area contributed by atoms with Gasteiger partial charge in [-0.2, -0.15) is 0 Å². The van der Waals surface area contributed by atoms with Crippen LogP contribution in [-0.2, 0) is 9.59 Å². The summed E-state index contributed by atoms with van der Waals surface area (Å²) in [4.78, 5) is 26.4. The first kappa shape index (κ1) is 18.6. The Bertz CT molecular complexity index is 924. The van der Waals surface area contributed by atoms with Gasteiger partial charge >= 0.3 is 0 Å². The largest absolute Gasteiger partial charge is 0.497 e. The van der Waals surface area contributed by atoms with Crippen LogP contribution in [0.3, 0.4) is 0 Å². The van der Waals surface area contributed by atoms with E-state index in [1.807, 2.05) is 0 Å². The van der Waals surface area contributed by atoms with Crippen LogP contribution in [0.25, 0.3) is 0 Å². The predicted molar refractivity (Wildman–Crippen MR) is 102 cm³/mol. The molecule has 0 atom stereocenters. The van der Waals surface area contributed by atoms with Crippen molar-refractivity contribution in [2.75, 3.05) is 31.5 Å². The van der Waals surface area contributed by atoms with Crippen molar-refractivity contribution in [3.63, 3.8) is 0 Å². The highest BCUT2D eigenvalue weighted by Crippen LogP contribution is 2.37. The van der Waals surface area contributed by atoms with E-state index in [1.54, 1.807) is 49.6 Å². The van der Waals surface area contributed by atoms with Gasteiger partial charge in [0, 0.05) is 11.8 Å². The second-order valence-corrected chi connectivity index (χ2v) is 5.90. The number of benzene rings is 2. The van der Waals surface area contributed by atoms with Gasteiger partial charge in [-0.05, 0) is 36.4 Å². The monoisotopic (exact) mass is 388 g/mol. The van der Waals surface area contributed by atoms with Crippen LogP contribution in [0.2, 0.25) is 0 Å². The van der Waals surface area contributed by atoms with Gasteiger partial charge in [0.25, 0.3) is 11.8 Å². The molecule has 0 radical (unpaired) electrons. The molecule has 140 valence electrons. The Kier molecular flexibility index (Phi) is 5.23. The van der Waals surface area contributed by atoms with Gasteiger partial charge in [-0.25, -0.2) is 4.90 Å². The van der Waals surface area contributed by atoms with Crippen molar-refractivity contribution in [2.45, 2.75) is 0 Å². The predicted octanol–water partition coefficient (Wildman–Crippen LogP) is 3.15. The fourth-order valence-corrected chi connectivity index (χ4v) is 2.83. The molecule has 0 aromatic heterocycles. The van der Waals surface area contributed by atoms with Crippen LogP contribution >= 0.6 is 11.6 Å². The highest BCUT2D eigenvalue weighted by Gasteiger charge is 2.40. The van der Waals surface area contributed by atoms with Gasteiger partial charge in [0.05, 0.1) is 27.0 Å². The minimum atomic E-state index is -0.638. The lowest BCUT2D eigenvalue weighted by atomic mass is 10.2. The van der Waals surface area contributed by atoms with E-state index in [1.165, 1.54) is 14.2 Å². The van der Waals surface area contributed by atoms with E-state index in [0.717, 1.165) is 4.90 Å². The first-order valence-corrected chi connectivity index (χ1v) is 8.29. The molecule has 1 aliphatic rings. The maximum absolute atomic E-state index is 12.9. The molecule has 0 bridgehead atoms. The van der Waals surface area contributed by atoms with Crippen molar-refractivity contribution in [3.8, 4) is 17.2 Å². The Morgan fingerprint density at radius 3 is 2.07 bits per heavy atom. The third-order valence-electron chi connectivity index (χ3n) is 4.01. The van der Waals surface area contributed by atoms with E-state index in [9.17, 15) is 9.59 Å². The number of methoxy groups -OCH3 is 3. The smallest absolute Gasteiger partial charge is 0.283 e. The second-order valence-electron chi connectivity index (χ2n) is 5.53. The van der Waals surface area contributed by atoms with Crippen molar-refractivity contribution >= 4 is 34.8 Å². The number of carbonyl (C=O) groups is 2. The highest BCUT2D eigenvalue weighted by molar-refractivity contribution is 6.53. The Morgan fingerprint density at radius 1 is 0.852 bits per heavy atom. The Labute approximate surface area is 161 Å². The molecule has 1 heterocycles. The summed E-state index contributed by atoms with van der Waals surface area (Å²) in [6.45, 7) is 0. The molecule has 2 amide bonds. The molecular weight excluding hydrogens is 372 g/mol. The van der Waals surface area contributed by atoms with E-state index >= 15 is 0 Å². The normalized spacial score (nSPS) is 13.9. The van der Waals surface area contributed by atoms with Gasteiger partial charge in [0.2, 0.25) is 0 Å². The topological polar surface area (TPSA) is 77.1 Å². The third-order valence-corrected chi connectivity index (χ3v) is 4.37. The average molecular weight is 389 g/mol. The standard InChI is InChI=1S/C19H17ClN2O5/c1-25-12-6-4-11(5-7-12)21-17-16(20)18(23)22(19(17)24)14-9-8-13(26-2)10-15(14)27-3/h4-10,21H,1-3H3. The molecule has 1 aliphatic heterocycles. The number of nitrogens with one attached hydrogen (secondary N) is 1. The number of halogens is 1. The summed E-state index contributed by atoms with van der Waals surface area (Å²) >= 11 is 6.15. The maximum atomic E-state index is 12.9. The van der Waals surface area contributed by atoms with Crippen molar-refractivity contribution in [3.05, 3.63) is 53.2 Å². The minimum absolute atomic E-state index is 0.00953. The molecule has 2 aromatic rings. The molecular formula is C19H17ClN2O5. The quantitative estimate of drug-likeness (QED) is 0.766. The lowest BCUT2D eigenvalue weighted by molar-refractivity contribution is -0.120. The number of amides is 2. The summed E-state index contributed by atoms with van der Waals surface area (Å²) in [6, 6.07) is 11.6. The zero-order chi connectivity index (χ0) is 19.6. The van der Waals surface area contributed by atoms with E-state index in [0.29, 0.717) is 22.9 Å². The molecule has 0 fully saturated rings. The highest BCUT2D eigenvalue weighted by atomic mass is 35.5. The van der Waals surface area contributed by atoms with Crippen LogP contribution in [0.15, 0.2) is 53.2 Å². The summed E-state index contributed by atoms with van der Waals surface area (Å²) in [6.07, 6.45) is 0. The Balaban J connectivity index is 1.91. The summed E-state index contributed by atoms with van der Waals surface area (Å²) < 4.78 is 15.5. The zero-order valence-electron chi connectivity index (χ0n) is 14.9. The number of hydrogen-bond donors (Lipinski definition) is 1. The SMILES string of the molecule is COc1ccc(NC2=C(Cl)C(=O)N(c3ccc(OC)cc3OC)C2=O)cc1. The lowest BCUT2D eigenvalue weighted by Crippen LogP contribution is -2.32. The van der Waals surface area contributed by atoms with Crippen LogP contribution < -0.4 is 24.4 Å². The van der Waals surface area contributed by atoms with Crippen molar-refractivity contribution in [2.24, 2.45) is 0 Å². The Morgan fingerprint density at radius 2 is 1.48 bits per heavy atom. The van der Waals surface area contributed by atoms with E-state index in [-0.39, 0.29) is 16.4 Å². The van der Waals surface area contributed by atoms with Crippen molar-refractivity contribution in [1.82, 2.24) is 0 Å². The molecule has 0 unspecified atom stereocenters. The Hall–Kier alpha value is -3.19. The first-order chi connectivity index (χ1) is 13.0. The van der Waals surface area contributed by atoms with Crippen LogP contribution in [-0.4, -0.2) is 33.1 Å². The molecule has 0 saturated heterocycles. The number of ether oxygens (including phenoxy) is 3. The summed E-state index contributed by atoms with van der Waals surface area (Å²) in [7, 11) is 4.51. The van der Waals surface area contributed by atoms with E-state index < -0.39 is 11.8 Å². The molecule has 8 heteroatoms. The fourth-order valence-electron chi connectivity index (χ4n) is 2.62. The molecule has 7 nitrogen and oxygen atoms in total. The number of anilines is 2. The van der Waals surface area contributed by atoms with Gasteiger partial charge < -0.3 is 19.5 Å². The van der Waals surface area contributed by atoms with E-state index in [4.69, 9.17) is 25.8 Å². The molecule has 0 aliphatic carbocycles. The molecule has 1 N–H and O–H groups in total. The number of nitrogens with zero attached hydrogens (tertiary/aromatic N) is 1. The van der Waals surface area contributed by atoms with E-state index in [2.05, 4.69) is 5.32 Å². The number of imide groups is 1. The van der Waals surface area contributed by atoms with Gasteiger partial charge in [-0.15, -0.1) is 0 Å². The first-order valence-electron chi connectivity index (χ1n) is 7.91. The maximum Gasteiger partial charge on any atom is 0.283 e. The van der Waals surface area contributed by atoms with Crippen molar-refractivity contribution in [1.29, 1.82) is 0 Å². The number of rotatable bonds is 6. The number of hydrogen-bond acceptors (Lipinski definition) is 6. The van der Waals surface area contributed by atoms with Crippen LogP contribution in [0.5, 0.6) is 17.2 Å².